The maximum absolute atomic E-state index is 6.29. The molecule has 0 fully saturated rings. The molecule has 0 aromatic heterocycles. The summed E-state index contributed by atoms with van der Waals surface area (Å²) in [4.78, 5) is 0. The number of methoxy groups -OCH3 is 1. The van der Waals surface area contributed by atoms with Crippen molar-refractivity contribution in [1.29, 1.82) is 0 Å². The standard InChI is InChI=1S/C5H5O.Cu/c1-3-4-5-6-2;/h4-5H,2H3;/q-1;+1/b5-4+;. The van der Waals surface area contributed by atoms with E-state index in [4.69, 9.17) is 6.42 Å². The summed E-state index contributed by atoms with van der Waals surface area (Å²) < 4.78 is 4.42. The van der Waals surface area contributed by atoms with Gasteiger partial charge in [0.2, 0.25) is 0 Å². The van der Waals surface area contributed by atoms with Crippen LogP contribution in [0.4, 0.5) is 0 Å². The molecular formula is C5H5CuO. The molecule has 0 unspecified atom stereocenters. The Morgan fingerprint density at radius 1 is 1.71 bits per heavy atom. The molecule has 0 atom stereocenters. The van der Waals surface area contributed by atoms with Crippen molar-refractivity contribution < 1.29 is 21.8 Å². The van der Waals surface area contributed by atoms with Gasteiger partial charge in [-0.3, -0.25) is 5.92 Å². The Bertz CT molecular complexity index is 80.6. The van der Waals surface area contributed by atoms with E-state index in [1.54, 1.807) is 0 Å². The Hall–Kier alpha value is -0.381. The van der Waals surface area contributed by atoms with Crippen LogP contribution in [0.15, 0.2) is 12.3 Å². The van der Waals surface area contributed by atoms with Gasteiger partial charge in [0.25, 0.3) is 0 Å². The SMILES string of the molecule is [C-]#C/C=C/OC.[Cu+]. The second kappa shape index (κ2) is 9.15. The average molecular weight is 145 g/mol. The molecule has 0 aliphatic carbocycles. The van der Waals surface area contributed by atoms with Crippen LogP contribution in [-0.4, -0.2) is 7.11 Å². The van der Waals surface area contributed by atoms with Gasteiger partial charge in [-0.2, -0.15) is 0 Å². The van der Waals surface area contributed by atoms with E-state index in [0.29, 0.717) is 0 Å². The van der Waals surface area contributed by atoms with Crippen LogP contribution in [0.5, 0.6) is 0 Å². The Kier molecular flexibility index (Phi) is 12.8. The smallest absolute Gasteiger partial charge is 0.522 e. The Balaban J connectivity index is 0. The molecule has 0 heterocycles. The van der Waals surface area contributed by atoms with Crippen LogP contribution < -0.4 is 0 Å². The first-order chi connectivity index (χ1) is 2.91. The van der Waals surface area contributed by atoms with Crippen LogP contribution in [0.3, 0.4) is 0 Å². The second-order valence-corrected chi connectivity index (χ2v) is 0.683. The van der Waals surface area contributed by atoms with Crippen molar-refractivity contribution >= 4 is 0 Å². The molecule has 0 amide bonds. The largest absolute Gasteiger partial charge is 1.00 e. The van der Waals surface area contributed by atoms with Gasteiger partial charge >= 0.3 is 17.1 Å². The first-order valence-electron chi connectivity index (χ1n) is 1.52. The minimum absolute atomic E-state index is 0. The molecule has 0 saturated carbocycles. The third-order valence-corrected chi connectivity index (χ3v) is 0.287. The number of hydrogen-bond donors (Lipinski definition) is 0. The van der Waals surface area contributed by atoms with Gasteiger partial charge in [0, 0.05) is 6.26 Å². The number of hydrogen-bond acceptors (Lipinski definition) is 1. The molecule has 1 nitrogen and oxygen atoms in total. The van der Waals surface area contributed by atoms with Crippen molar-refractivity contribution in [3.63, 3.8) is 0 Å². The molecule has 7 heavy (non-hydrogen) atoms. The van der Waals surface area contributed by atoms with Crippen molar-refractivity contribution in [2.24, 2.45) is 0 Å². The van der Waals surface area contributed by atoms with Gasteiger partial charge in [-0.05, 0) is 0 Å². The van der Waals surface area contributed by atoms with Gasteiger partial charge in [0.1, 0.15) is 0 Å². The van der Waals surface area contributed by atoms with E-state index in [-0.39, 0.29) is 17.1 Å². The van der Waals surface area contributed by atoms with Crippen molar-refractivity contribution in [2.75, 3.05) is 7.11 Å². The van der Waals surface area contributed by atoms with Gasteiger partial charge in [0.15, 0.2) is 0 Å². The summed E-state index contributed by atoms with van der Waals surface area (Å²) in [5.41, 5.74) is 0. The van der Waals surface area contributed by atoms with E-state index in [1.807, 2.05) is 5.92 Å². The molecule has 0 bridgehead atoms. The summed E-state index contributed by atoms with van der Waals surface area (Å²) in [7, 11) is 1.52. The fraction of sp³-hybridized carbons (Fsp3) is 0.200. The molecule has 0 aromatic carbocycles. The predicted octanol–water partition coefficient (Wildman–Crippen LogP) is 0.734. The summed E-state index contributed by atoms with van der Waals surface area (Å²) in [6.45, 7) is 0. The summed E-state index contributed by atoms with van der Waals surface area (Å²) in [6.07, 6.45) is 9.05. The summed E-state index contributed by atoms with van der Waals surface area (Å²) in [5, 5.41) is 0. The van der Waals surface area contributed by atoms with E-state index in [9.17, 15) is 0 Å². The Labute approximate surface area is 54.2 Å². The molecule has 0 spiro atoms. The molecular weight excluding hydrogens is 140 g/mol. The first kappa shape index (κ1) is 9.80. The van der Waals surface area contributed by atoms with Crippen LogP contribution in [0.25, 0.3) is 0 Å². The molecule has 0 rings (SSSR count). The summed E-state index contributed by atoms with van der Waals surface area (Å²) in [6, 6.07) is 0. The van der Waals surface area contributed by atoms with Gasteiger partial charge in [0.05, 0.1) is 7.11 Å². The molecule has 0 aromatic rings. The van der Waals surface area contributed by atoms with Crippen LogP contribution in [0.1, 0.15) is 0 Å². The van der Waals surface area contributed by atoms with Crippen LogP contribution in [0.2, 0.25) is 0 Å². The zero-order chi connectivity index (χ0) is 4.83. The molecule has 2 heteroatoms. The van der Waals surface area contributed by atoms with Crippen molar-refractivity contribution in [3.8, 4) is 5.92 Å². The third kappa shape index (κ3) is 10.7. The Morgan fingerprint density at radius 2 is 2.29 bits per heavy atom. The summed E-state index contributed by atoms with van der Waals surface area (Å²) >= 11 is 0. The zero-order valence-electron chi connectivity index (χ0n) is 3.86. The number of allylic oxidation sites excluding steroid dienone is 1. The van der Waals surface area contributed by atoms with Crippen molar-refractivity contribution in [2.45, 2.75) is 0 Å². The molecule has 0 aliphatic heterocycles. The number of rotatable bonds is 1. The maximum Gasteiger partial charge on any atom is 1.00 e. The topological polar surface area (TPSA) is 9.23 Å². The van der Waals surface area contributed by atoms with E-state index < -0.39 is 0 Å². The molecule has 0 saturated heterocycles. The first-order valence-corrected chi connectivity index (χ1v) is 1.52. The fourth-order valence-electron chi connectivity index (χ4n) is 0.102. The molecule has 0 aliphatic rings. The zero-order valence-corrected chi connectivity index (χ0v) is 4.81. The average Bonchev–Trinajstić information content (AvgIpc) is 1.61. The maximum atomic E-state index is 6.29. The second-order valence-electron chi connectivity index (χ2n) is 0.683. The molecule has 42 valence electrons. The minimum Gasteiger partial charge on any atom is -0.522 e. The van der Waals surface area contributed by atoms with Gasteiger partial charge < -0.3 is 11.2 Å². The van der Waals surface area contributed by atoms with E-state index in [2.05, 4.69) is 4.74 Å². The van der Waals surface area contributed by atoms with Gasteiger partial charge in [-0.1, -0.05) is 0 Å². The predicted molar refractivity (Wildman–Crippen MR) is 23.3 cm³/mol. The van der Waals surface area contributed by atoms with Crippen molar-refractivity contribution in [3.05, 3.63) is 18.8 Å². The Morgan fingerprint density at radius 3 is 2.43 bits per heavy atom. The van der Waals surface area contributed by atoms with E-state index >= 15 is 0 Å². The quantitative estimate of drug-likeness (QED) is 0.228. The minimum atomic E-state index is 0. The number of ether oxygens (including phenoxy) is 1. The van der Waals surface area contributed by atoms with Gasteiger partial charge in [-0.15, -0.1) is 6.08 Å². The third-order valence-electron chi connectivity index (χ3n) is 0.287. The monoisotopic (exact) mass is 144 g/mol. The molecule has 0 radical (unpaired) electrons. The molecule has 0 N–H and O–H groups in total. The van der Waals surface area contributed by atoms with Crippen molar-refractivity contribution in [1.82, 2.24) is 0 Å². The van der Waals surface area contributed by atoms with Crippen LogP contribution in [-0.2, 0) is 21.8 Å². The summed E-state index contributed by atoms with van der Waals surface area (Å²) in [5.74, 6) is 2.01. The van der Waals surface area contributed by atoms with Crippen LogP contribution >= 0.6 is 0 Å². The van der Waals surface area contributed by atoms with E-state index in [0.717, 1.165) is 0 Å². The van der Waals surface area contributed by atoms with Gasteiger partial charge in [-0.25, -0.2) is 0 Å². The normalized spacial score (nSPS) is 6.86. The van der Waals surface area contributed by atoms with E-state index in [1.165, 1.54) is 19.4 Å². The van der Waals surface area contributed by atoms with Crippen LogP contribution in [0, 0.1) is 12.3 Å². The fourth-order valence-corrected chi connectivity index (χ4v) is 0.102.